The monoisotopic (exact) mass is 266 g/mol. The average molecular weight is 267 g/mol. The van der Waals surface area contributed by atoms with E-state index in [1.165, 1.54) is 0 Å². The Morgan fingerprint density at radius 3 is 2.83 bits per heavy atom. The molecular weight excluding hydrogens is 248 g/mol. The predicted molar refractivity (Wildman–Crippen MR) is 73.8 cm³/mol. The number of amides is 1. The second-order valence-corrected chi connectivity index (χ2v) is 5.60. The molecule has 1 aliphatic heterocycles. The molecule has 0 aromatic heterocycles. The molecule has 2 rings (SSSR count). The van der Waals surface area contributed by atoms with Crippen LogP contribution in [0.15, 0.2) is 24.3 Å². The highest BCUT2D eigenvalue weighted by Crippen LogP contribution is 2.17. The molecule has 0 unspecified atom stereocenters. The molecule has 0 aliphatic carbocycles. The van der Waals surface area contributed by atoms with Crippen LogP contribution in [0.2, 0.25) is 5.02 Å². The Hall–Kier alpha value is -1.06. The lowest BCUT2D eigenvalue weighted by molar-refractivity contribution is -0.122. The molecule has 1 aliphatic rings. The van der Waals surface area contributed by atoms with Gasteiger partial charge in [0, 0.05) is 10.6 Å². The van der Waals surface area contributed by atoms with Crippen LogP contribution in [0.25, 0.3) is 0 Å². The number of hydrogen-bond acceptors (Lipinski definition) is 2. The van der Waals surface area contributed by atoms with Gasteiger partial charge in [-0.1, -0.05) is 23.7 Å². The van der Waals surface area contributed by atoms with Gasteiger partial charge in [-0.3, -0.25) is 4.79 Å². The summed E-state index contributed by atoms with van der Waals surface area (Å²) in [5.41, 5.74) is 0.888. The molecule has 1 fully saturated rings. The highest BCUT2D eigenvalue weighted by atomic mass is 35.5. The Kier molecular flexibility index (Phi) is 4.25. The van der Waals surface area contributed by atoms with Gasteiger partial charge in [-0.25, -0.2) is 0 Å². The van der Waals surface area contributed by atoms with Crippen LogP contribution in [0.3, 0.4) is 0 Å². The number of carbonyl (C=O) groups excluding carboxylic acids is 1. The fraction of sp³-hybridized carbons (Fsp3) is 0.500. The van der Waals surface area contributed by atoms with Crippen LogP contribution in [0.1, 0.15) is 25.3 Å². The van der Waals surface area contributed by atoms with Crippen molar-refractivity contribution in [2.45, 2.75) is 31.7 Å². The van der Waals surface area contributed by atoms with Gasteiger partial charge in [0.05, 0.1) is 6.42 Å². The molecule has 0 radical (unpaired) electrons. The second kappa shape index (κ2) is 5.72. The van der Waals surface area contributed by atoms with Crippen molar-refractivity contribution >= 4 is 17.5 Å². The van der Waals surface area contributed by atoms with Crippen LogP contribution in [0, 0.1) is 0 Å². The number of carbonyl (C=O) groups is 1. The molecule has 0 atom stereocenters. The average Bonchev–Trinajstić information content (AvgIpc) is 2.28. The van der Waals surface area contributed by atoms with Gasteiger partial charge in [-0.15, -0.1) is 0 Å². The number of hydrogen-bond donors (Lipinski definition) is 2. The van der Waals surface area contributed by atoms with Gasteiger partial charge in [-0.05, 0) is 50.6 Å². The first-order valence-electron chi connectivity index (χ1n) is 6.34. The van der Waals surface area contributed by atoms with Crippen LogP contribution in [0.4, 0.5) is 0 Å². The molecule has 1 aromatic rings. The Balaban J connectivity index is 1.92. The smallest absolute Gasteiger partial charge is 0.224 e. The maximum absolute atomic E-state index is 12.0. The molecule has 2 N–H and O–H groups in total. The molecule has 1 saturated heterocycles. The van der Waals surface area contributed by atoms with E-state index < -0.39 is 0 Å². The van der Waals surface area contributed by atoms with E-state index in [1.807, 2.05) is 24.3 Å². The summed E-state index contributed by atoms with van der Waals surface area (Å²) in [6.45, 7) is 4.05. The van der Waals surface area contributed by atoms with Gasteiger partial charge < -0.3 is 10.6 Å². The highest BCUT2D eigenvalue weighted by Gasteiger charge is 2.27. The Bertz CT molecular complexity index is 428. The summed E-state index contributed by atoms with van der Waals surface area (Å²) < 4.78 is 0. The minimum Gasteiger partial charge on any atom is -0.351 e. The van der Waals surface area contributed by atoms with Crippen molar-refractivity contribution < 1.29 is 4.79 Å². The van der Waals surface area contributed by atoms with E-state index in [0.717, 1.165) is 31.5 Å². The molecule has 4 heteroatoms. The Morgan fingerprint density at radius 2 is 2.17 bits per heavy atom. The summed E-state index contributed by atoms with van der Waals surface area (Å²) in [6, 6.07) is 7.45. The van der Waals surface area contributed by atoms with Crippen LogP contribution >= 0.6 is 11.6 Å². The lowest BCUT2D eigenvalue weighted by Crippen LogP contribution is -2.52. The minimum absolute atomic E-state index is 0.0685. The summed E-state index contributed by atoms with van der Waals surface area (Å²) >= 11 is 5.91. The summed E-state index contributed by atoms with van der Waals surface area (Å²) in [5, 5.41) is 7.12. The Morgan fingerprint density at radius 1 is 1.44 bits per heavy atom. The van der Waals surface area contributed by atoms with Crippen molar-refractivity contribution in [3.05, 3.63) is 34.9 Å². The van der Waals surface area contributed by atoms with E-state index in [4.69, 9.17) is 11.6 Å². The third kappa shape index (κ3) is 3.72. The maximum atomic E-state index is 12.0. The van der Waals surface area contributed by atoms with Crippen molar-refractivity contribution in [2.24, 2.45) is 0 Å². The van der Waals surface area contributed by atoms with Gasteiger partial charge in [0.25, 0.3) is 0 Å². The topological polar surface area (TPSA) is 41.1 Å². The summed E-state index contributed by atoms with van der Waals surface area (Å²) in [5.74, 6) is 0.0710. The first-order chi connectivity index (χ1) is 8.57. The normalized spacial score (nSPS) is 18.3. The molecular formula is C14H19ClN2O. The summed E-state index contributed by atoms with van der Waals surface area (Å²) in [6.07, 6.45) is 2.35. The minimum atomic E-state index is -0.0685. The zero-order valence-electron chi connectivity index (χ0n) is 10.6. The van der Waals surface area contributed by atoms with E-state index >= 15 is 0 Å². The molecule has 18 heavy (non-hydrogen) atoms. The van der Waals surface area contributed by atoms with Gasteiger partial charge in [0.15, 0.2) is 0 Å². The highest BCUT2D eigenvalue weighted by molar-refractivity contribution is 6.30. The van der Waals surface area contributed by atoms with Gasteiger partial charge in [0.1, 0.15) is 0 Å². The zero-order valence-corrected chi connectivity index (χ0v) is 11.4. The van der Waals surface area contributed by atoms with Gasteiger partial charge in [-0.2, -0.15) is 0 Å². The molecule has 0 bridgehead atoms. The number of nitrogens with one attached hydrogen (secondary N) is 2. The lowest BCUT2D eigenvalue weighted by atomic mass is 9.90. The van der Waals surface area contributed by atoms with Crippen LogP contribution in [-0.4, -0.2) is 24.5 Å². The largest absolute Gasteiger partial charge is 0.351 e. The van der Waals surface area contributed by atoms with E-state index in [-0.39, 0.29) is 11.4 Å². The van der Waals surface area contributed by atoms with Crippen molar-refractivity contribution in [2.75, 3.05) is 13.1 Å². The van der Waals surface area contributed by atoms with Crippen LogP contribution in [-0.2, 0) is 11.2 Å². The summed E-state index contributed by atoms with van der Waals surface area (Å²) in [7, 11) is 0. The lowest BCUT2D eigenvalue weighted by Gasteiger charge is -2.35. The standard InChI is InChI=1S/C14H19ClN2O/c1-14(5-7-16-8-6-14)17-13(18)10-11-3-2-4-12(15)9-11/h2-4,9,16H,5-8,10H2,1H3,(H,17,18). The predicted octanol–water partition coefficient (Wildman–Crippen LogP) is 2.14. The van der Waals surface area contributed by atoms with Gasteiger partial charge in [0.2, 0.25) is 5.91 Å². The second-order valence-electron chi connectivity index (χ2n) is 5.17. The fourth-order valence-electron chi connectivity index (χ4n) is 2.32. The molecule has 3 nitrogen and oxygen atoms in total. The van der Waals surface area contributed by atoms with Crippen LogP contribution < -0.4 is 10.6 Å². The van der Waals surface area contributed by atoms with E-state index in [1.54, 1.807) is 0 Å². The third-order valence-electron chi connectivity index (χ3n) is 3.40. The third-order valence-corrected chi connectivity index (χ3v) is 3.64. The van der Waals surface area contributed by atoms with E-state index in [0.29, 0.717) is 11.4 Å². The first-order valence-corrected chi connectivity index (χ1v) is 6.71. The number of halogens is 1. The number of benzene rings is 1. The van der Waals surface area contributed by atoms with Crippen molar-refractivity contribution in [1.82, 2.24) is 10.6 Å². The van der Waals surface area contributed by atoms with E-state index in [2.05, 4.69) is 17.6 Å². The molecule has 98 valence electrons. The fourth-order valence-corrected chi connectivity index (χ4v) is 2.53. The van der Waals surface area contributed by atoms with Crippen LogP contribution in [0.5, 0.6) is 0 Å². The quantitative estimate of drug-likeness (QED) is 0.880. The summed E-state index contributed by atoms with van der Waals surface area (Å²) in [4.78, 5) is 12.0. The molecule has 1 aromatic carbocycles. The van der Waals surface area contributed by atoms with E-state index in [9.17, 15) is 4.79 Å². The maximum Gasteiger partial charge on any atom is 0.224 e. The molecule has 1 heterocycles. The number of rotatable bonds is 3. The Labute approximate surface area is 113 Å². The zero-order chi connectivity index (χ0) is 13.0. The van der Waals surface area contributed by atoms with Crippen molar-refractivity contribution in [1.29, 1.82) is 0 Å². The van der Waals surface area contributed by atoms with Crippen molar-refractivity contribution in [3.8, 4) is 0 Å². The first kappa shape index (κ1) is 13.4. The molecule has 1 amide bonds. The molecule has 0 saturated carbocycles. The molecule has 0 spiro atoms. The van der Waals surface area contributed by atoms with Crippen molar-refractivity contribution in [3.63, 3.8) is 0 Å². The number of piperidine rings is 1. The SMILES string of the molecule is CC1(NC(=O)Cc2cccc(Cl)c2)CCNCC1. The van der Waals surface area contributed by atoms with Gasteiger partial charge >= 0.3 is 0 Å².